The number of amides is 1. The van der Waals surface area contributed by atoms with Crippen molar-refractivity contribution in [3.8, 4) is 0 Å². The van der Waals surface area contributed by atoms with Crippen LogP contribution in [0.2, 0.25) is 0 Å². The van der Waals surface area contributed by atoms with Crippen LogP contribution >= 0.6 is 11.3 Å². The lowest BCUT2D eigenvalue weighted by molar-refractivity contribution is -0.121. The minimum Gasteiger partial charge on any atom is -0.354 e. The Kier molecular flexibility index (Phi) is 6.80. The average molecular weight is 385 g/mol. The van der Waals surface area contributed by atoms with Gasteiger partial charge in [-0.05, 0) is 62.9 Å². The van der Waals surface area contributed by atoms with Crippen molar-refractivity contribution < 1.29 is 9.59 Å². The van der Waals surface area contributed by atoms with Crippen LogP contribution in [-0.4, -0.2) is 36.2 Å². The standard InChI is InChI=1S/C22H28N2O2S/c1-16-7-8-17(2)18(14-16)20(25)9-10-22(26)23-15-19(21-6-5-13-27-21)24-11-3-4-12-24/h5-8,13-14,19H,3-4,9-12,15H2,1-2H3,(H,23,26). The summed E-state index contributed by atoms with van der Waals surface area (Å²) in [6.45, 7) is 6.70. The van der Waals surface area contributed by atoms with Gasteiger partial charge in [0.15, 0.2) is 5.78 Å². The summed E-state index contributed by atoms with van der Waals surface area (Å²) >= 11 is 1.74. The lowest BCUT2D eigenvalue weighted by Crippen LogP contribution is -2.36. The quantitative estimate of drug-likeness (QED) is 0.691. The SMILES string of the molecule is Cc1ccc(C)c(C(=O)CCC(=O)NCC(c2cccs2)N2CCCC2)c1. The zero-order chi connectivity index (χ0) is 19.2. The van der Waals surface area contributed by atoms with Gasteiger partial charge in [0.05, 0.1) is 6.04 Å². The van der Waals surface area contributed by atoms with Crippen molar-refractivity contribution in [2.75, 3.05) is 19.6 Å². The van der Waals surface area contributed by atoms with Crippen LogP contribution in [0.3, 0.4) is 0 Å². The van der Waals surface area contributed by atoms with Gasteiger partial charge in [-0.15, -0.1) is 11.3 Å². The van der Waals surface area contributed by atoms with Gasteiger partial charge >= 0.3 is 0 Å². The van der Waals surface area contributed by atoms with Crippen LogP contribution in [0.4, 0.5) is 0 Å². The van der Waals surface area contributed by atoms with E-state index in [-0.39, 0.29) is 30.6 Å². The maximum absolute atomic E-state index is 12.5. The largest absolute Gasteiger partial charge is 0.354 e. The number of nitrogens with one attached hydrogen (secondary N) is 1. The van der Waals surface area contributed by atoms with Crippen LogP contribution in [0.5, 0.6) is 0 Å². The zero-order valence-corrected chi connectivity index (χ0v) is 17.0. The molecule has 1 saturated heterocycles. The first-order chi connectivity index (χ1) is 13.0. The monoisotopic (exact) mass is 384 g/mol. The molecular formula is C22H28N2O2S. The number of likely N-dealkylation sites (tertiary alicyclic amines) is 1. The topological polar surface area (TPSA) is 49.4 Å². The molecule has 1 aliphatic heterocycles. The van der Waals surface area contributed by atoms with Crippen LogP contribution in [-0.2, 0) is 4.79 Å². The second-order valence-electron chi connectivity index (χ2n) is 7.32. The molecule has 1 aromatic carbocycles. The molecule has 0 aliphatic carbocycles. The Hall–Kier alpha value is -1.98. The third kappa shape index (κ3) is 5.27. The maximum atomic E-state index is 12.5. The van der Waals surface area contributed by atoms with Gasteiger partial charge in [0.2, 0.25) is 5.91 Å². The maximum Gasteiger partial charge on any atom is 0.220 e. The van der Waals surface area contributed by atoms with E-state index in [9.17, 15) is 9.59 Å². The molecular weight excluding hydrogens is 356 g/mol. The van der Waals surface area contributed by atoms with Crippen molar-refractivity contribution >= 4 is 23.0 Å². The van der Waals surface area contributed by atoms with Crippen molar-refractivity contribution in [3.63, 3.8) is 0 Å². The van der Waals surface area contributed by atoms with E-state index in [1.165, 1.54) is 17.7 Å². The van der Waals surface area contributed by atoms with E-state index in [0.29, 0.717) is 6.54 Å². The second-order valence-corrected chi connectivity index (χ2v) is 8.30. The molecule has 1 fully saturated rings. The summed E-state index contributed by atoms with van der Waals surface area (Å²) < 4.78 is 0. The summed E-state index contributed by atoms with van der Waals surface area (Å²) in [5, 5.41) is 5.14. The Balaban J connectivity index is 1.52. The first kappa shape index (κ1) is 19.8. The number of hydrogen-bond donors (Lipinski definition) is 1. The molecule has 0 bridgehead atoms. The number of nitrogens with zero attached hydrogens (tertiary/aromatic N) is 1. The van der Waals surface area contributed by atoms with Gasteiger partial charge in [0, 0.05) is 29.8 Å². The smallest absolute Gasteiger partial charge is 0.220 e. The molecule has 1 amide bonds. The number of carbonyl (C=O) groups is 2. The van der Waals surface area contributed by atoms with Crippen LogP contribution in [0.25, 0.3) is 0 Å². The van der Waals surface area contributed by atoms with E-state index in [4.69, 9.17) is 0 Å². The van der Waals surface area contributed by atoms with Gasteiger partial charge in [0.25, 0.3) is 0 Å². The average Bonchev–Trinajstić information content (AvgIpc) is 3.36. The zero-order valence-electron chi connectivity index (χ0n) is 16.2. The number of ketones is 1. The van der Waals surface area contributed by atoms with Crippen molar-refractivity contribution in [2.24, 2.45) is 0 Å². The fraction of sp³-hybridized carbons (Fsp3) is 0.455. The van der Waals surface area contributed by atoms with Gasteiger partial charge in [-0.1, -0.05) is 23.8 Å². The Labute approximate surface area is 165 Å². The van der Waals surface area contributed by atoms with Gasteiger partial charge in [-0.2, -0.15) is 0 Å². The molecule has 0 radical (unpaired) electrons. The van der Waals surface area contributed by atoms with Crippen LogP contribution in [0.1, 0.15) is 58.1 Å². The fourth-order valence-electron chi connectivity index (χ4n) is 3.64. The van der Waals surface area contributed by atoms with E-state index >= 15 is 0 Å². The normalized spacial score (nSPS) is 15.6. The molecule has 27 heavy (non-hydrogen) atoms. The molecule has 4 nitrogen and oxygen atoms in total. The fourth-order valence-corrected chi connectivity index (χ4v) is 4.50. The molecule has 1 unspecified atom stereocenters. The van der Waals surface area contributed by atoms with Crippen molar-refractivity contribution in [1.29, 1.82) is 0 Å². The van der Waals surface area contributed by atoms with E-state index in [1.807, 2.05) is 32.0 Å². The number of aryl methyl sites for hydroxylation is 2. The van der Waals surface area contributed by atoms with Gasteiger partial charge in [-0.3, -0.25) is 14.5 Å². The summed E-state index contributed by atoms with van der Waals surface area (Å²) in [5.74, 6) is -0.00453. The molecule has 3 rings (SSSR count). The minimum absolute atomic E-state index is 0.0423. The summed E-state index contributed by atoms with van der Waals surface area (Å²) in [4.78, 5) is 28.6. The van der Waals surface area contributed by atoms with Crippen LogP contribution in [0.15, 0.2) is 35.7 Å². The van der Waals surface area contributed by atoms with Crippen molar-refractivity contribution in [1.82, 2.24) is 10.2 Å². The molecule has 5 heteroatoms. The van der Waals surface area contributed by atoms with Gasteiger partial charge in [0.1, 0.15) is 0 Å². The highest BCUT2D eigenvalue weighted by atomic mass is 32.1. The highest BCUT2D eigenvalue weighted by molar-refractivity contribution is 7.10. The van der Waals surface area contributed by atoms with E-state index < -0.39 is 0 Å². The Morgan fingerprint density at radius 1 is 1.15 bits per heavy atom. The minimum atomic E-state index is -0.0468. The third-order valence-electron chi connectivity index (χ3n) is 5.22. The lowest BCUT2D eigenvalue weighted by Gasteiger charge is -2.26. The molecule has 1 atom stereocenters. The highest BCUT2D eigenvalue weighted by Gasteiger charge is 2.24. The third-order valence-corrected chi connectivity index (χ3v) is 6.19. The molecule has 1 aromatic heterocycles. The van der Waals surface area contributed by atoms with Crippen LogP contribution < -0.4 is 5.32 Å². The summed E-state index contributed by atoms with van der Waals surface area (Å²) in [7, 11) is 0. The number of thiophene rings is 1. The molecule has 144 valence electrons. The molecule has 0 saturated carbocycles. The van der Waals surface area contributed by atoms with E-state index in [1.54, 1.807) is 11.3 Å². The summed E-state index contributed by atoms with van der Waals surface area (Å²) in [6, 6.07) is 10.3. The summed E-state index contributed by atoms with van der Waals surface area (Å²) in [6.07, 6.45) is 2.94. The first-order valence-electron chi connectivity index (χ1n) is 9.69. The highest BCUT2D eigenvalue weighted by Crippen LogP contribution is 2.27. The Morgan fingerprint density at radius 2 is 1.93 bits per heavy atom. The van der Waals surface area contributed by atoms with Crippen molar-refractivity contribution in [2.45, 2.75) is 45.6 Å². The predicted molar refractivity (Wildman–Crippen MR) is 110 cm³/mol. The predicted octanol–water partition coefficient (Wildman–Crippen LogP) is 4.28. The second kappa shape index (κ2) is 9.29. The molecule has 1 aliphatic rings. The first-order valence-corrected chi connectivity index (χ1v) is 10.6. The van der Waals surface area contributed by atoms with E-state index in [2.05, 4.69) is 27.7 Å². The Morgan fingerprint density at radius 3 is 2.63 bits per heavy atom. The summed E-state index contributed by atoms with van der Waals surface area (Å²) in [5.41, 5.74) is 2.77. The lowest BCUT2D eigenvalue weighted by atomic mass is 9.99. The molecule has 2 heterocycles. The number of carbonyl (C=O) groups excluding carboxylic acids is 2. The van der Waals surface area contributed by atoms with E-state index in [0.717, 1.165) is 29.8 Å². The van der Waals surface area contributed by atoms with Crippen molar-refractivity contribution in [3.05, 3.63) is 57.3 Å². The van der Waals surface area contributed by atoms with Gasteiger partial charge < -0.3 is 5.32 Å². The van der Waals surface area contributed by atoms with Crippen LogP contribution in [0, 0.1) is 13.8 Å². The number of benzene rings is 1. The number of Topliss-reactive ketones (excluding diaryl/α,β-unsaturated/α-hetero) is 1. The number of hydrogen-bond acceptors (Lipinski definition) is 4. The van der Waals surface area contributed by atoms with Gasteiger partial charge in [-0.25, -0.2) is 0 Å². The number of rotatable bonds is 8. The Bertz CT molecular complexity index is 780. The molecule has 2 aromatic rings. The molecule has 0 spiro atoms. The molecule has 1 N–H and O–H groups in total.